The Morgan fingerprint density at radius 1 is 1.11 bits per heavy atom. The van der Waals surface area contributed by atoms with E-state index in [1.54, 1.807) is 0 Å². The molecule has 2 fully saturated rings. The third kappa shape index (κ3) is 1.82. The number of benzene rings is 1. The molecule has 0 aromatic heterocycles. The Balaban J connectivity index is 1.60. The monoisotopic (exact) mass is 260 g/mol. The maximum absolute atomic E-state index is 12.5. The van der Waals surface area contributed by atoms with Gasteiger partial charge in [-0.05, 0) is 37.5 Å². The Labute approximate surface area is 111 Å². The molecule has 19 heavy (non-hydrogen) atoms. The zero-order valence-electron chi connectivity index (χ0n) is 10.6. The lowest BCUT2D eigenvalue weighted by molar-refractivity contribution is 0.0742. The number of hydrogen-bond donors (Lipinski definition) is 0. The van der Waals surface area contributed by atoms with Crippen LogP contribution in [0.4, 0.5) is 0 Å². The molecule has 4 rings (SSSR count). The molecule has 1 aromatic rings. The highest BCUT2D eigenvalue weighted by Gasteiger charge is 2.44. The summed E-state index contributed by atoms with van der Waals surface area (Å²) in [6, 6.07) is 5.47. The van der Waals surface area contributed by atoms with Gasteiger partial charge in [0.15, 0.2) is 17.3 Å². The molecule has 3 aliphatic heterocycles. The van der Waals surface area contributed by atoms with Gasteiger partial charge in [-0.1, -0.05) is 0 Å². The summed E-state index contributed by atoms with van der Waals surface area (Å²) in [7, 11) is 0. The van der Waals surface area contributed by atoms with Gasteiger partial charge >= 0.3 is 0 Å². The zero-order chi connectivity index (χ0) is 12.8. The first-order chi connectivity index (χ1) is 9.31. The van der Waals surface area contributed by atoms with Crippen LogP contribution in [0.2, 0.25) is 0 Å². The number of fused-ring (bicyclic) bond motifs is 3. The van der Waals surface area contributed by atoms with Gasteiger partial charge in [0.2, 0.25) is 0 Å². The fourth-order valence-corrected chi connectivity index (χ4v) is 3.32. The van der Waals surface area contributed by atoms with E-state index in [9.17, 15) is 4.79 Å². The van der Waals surface area contributed by atoms with Crippen LogP contribution in [-0.4, -0.2) is 31.2 Å². The summed E-state index contributed by atoms with van der Waals surface area (Å²) in [5, 5.41) is 0. The van der Waals surface area contributed by atoms with Crippen LogP contribution in [0.1, 0.15) is 29.6 Å². The Hall–Kier alpha value is -1.55. The Kier molecular flexibility index (Phi) is 2.52. The number of carbonyl (C=O) groups excluding carboxylic acids is 1. The number of Topliss-reactive ketones (excluding diaryl/α,β-unsaturated/α-hetero) is 1. The first kappa shape index (κ1) is 11.3. The average molecular weight is 260 g/mol. The number of rotatable bonds is 2. The first-order valence-corrected chi connectivity index (χ1v) is 6.90. The Bertz CT molecular complexity index is 525. The van der Waals surface area contributed by atoms with Crippen molar-refractivity contribution in [1.82, 2.24) is 0 Å². The minimum atomic E-state index is 0.0290. The molecule has 1 aromatic carbocycles. The second-order valence-electron chi connectivity index (χ2n) is 5.44. The molecule has 0 N–H and O–H groups in total. The summed E-state index contributed by atoms with van der Waals surface area (Å²) < 4.78 is 16.8. The minimum Gasteiger partial charge on any atom is -0.486 e. The second kappa shape index (κ2) is 4.23. The SMILES string of the molecule is O=C(c1ccc2c(c1)OCCO2)C1CC2CCC1O2. The zero-order valence-corrected chi connectivity index (χ0v) is 10.6. The largest absolute Gasteiger partial charge is 0.486 e. The van der Waals surface area contributed by atoms with Gasteiger partial charge in [0, 0.05) is 5.56 Å². The lowest BCUT2D eigenvalue weighted by atomic mass is 9.84. The molecule has 4 heteroatoms. The van der Waals surface area contributed by atoms with E-state index in [1.165, 1.54) is 0 Å². The predicted octanol–water partition coefficient (Wildman–Crippen LogP) is 2.21. The topological polar surface area (TPSA) is 44.8 Å². The lowest BCUT2D eigenvalue weighted by Crippen LogP contribution is -2.25. The van der Waals surface area contributed by atoms with E-state index in [0.717, 1.165) is 25.0 Å². The average Bonchev–Trinajstić information content (AvgIpc) is 3.08. The van der Waals surface area contributed by atoms with Crippen molar-refractivity contribution in [1.29, 1.82) is 0 Å². The van der Waals surface area contributed by atoms with Crippen LogP contribution in [0.5, 0.6) is 11.5 Å². The maximum atomic E-state index is 12.5. The molecule has 0 saturated carbocycles. The number of carbonyl (C=O) groups is 1. The normalized spacial score (nSPS) is 31.5. The fraction of sp³-hybridized carbons (Fsp3) is 0.533. The molecule has 3 atom stereocenters. The molecule has 0 amide bonds. The van der Waals surface area contributed by atoms with Crippen molar-refractivity contribution in [2.75, 3.05) is 13.2 Å². The van der Waals surface area contributed by atoms with E-state index in [2.05, 4.69) is 0 Å². The van der Waals surface area contributed by atoms with Crippen LogP contribution in [0, 0.1) is 5.92 Å². The van der Waals surface area contributed by atoms with Gasteiger partial charge in [0.25, 0.3) is 0 Å². The van der Waals surface area contributed by atoms with Crippen LogP contribution in [-0.2, 0) is 4.74 Å². The van der Waals surface area contributed by atoms with E-state index >= 15 is 0 Å². The molecule has 0 aliphatic carbocycles. The first-order valence-electron chi connectivity index (χ1n) is 6.90. The second-order valence-corrected chi connectivity index (χ2v) is 5.44. The van der Waals surface area contributed by atoms with E-state index < -0.39 is 0 Å². The van der Waals surface area contributed by atoms with Gasteiger partial charge in [-0.3, -0.25) is 4.79 Å². The summed E-state index contributed by atoms with van der Waals surface area (Å²) in [6.07, 6.45) is 3.43. The van der Waals surface area contributed by atoms with Crippen molar-refractivity contribution in [3.63, 3.8) is 0 Å². The van der Waals surface area contributed by atoms with Crippen molar-refractivity contribution in [2.24, 2.45) is 5.92 Å². The van der Waals surface area contributed by atoms with Crippen LogP contribution in [0.25, 0.3) is 0 Å². The molecule has 100 valence electrons. The highest BCUT2D eigenvalue weighted by atomic mass is 16.6. The van der Waals surface area contributed by atoms with Gasteiger partial charge in [-0.2, -0.15) is 0 Å². The van der Waals surface area contributed by atoms with Crippen molar-refractivity contribution in [2.45, 2.75) is 31.5 Å². The van der Waals surface area contributed by atoms with E-state index in [0.29, 0.717) is 30.6 Å². The van der Waals surface area contributed by atoms with Gasteiger partial charge in [0.05, 0.1) is 18.1 Å². The third-order valence-corrected chi connectivity index (χ3v) is 4.27. The van der Waals surface area contributed by atoms with Crippen molar-refractivity contribution < 1.29 is 19.0 Å². The molecule has 3 aliphatic rings. The molecule has 4 nitrogen and oxygen atoms in total. The van der Waals surface area contributed by atoms with Crippen LogP contribution in [0.3, 0.4) is 0 Å². The smallest absolute Gasteiger partial charge is 0.168 e. The van der Waals surface area contributed by atoms with Gasteiger partial charge in [-0.15, -0.1) is 0 Å². The summed E-state index contributed by atoms with van der Waals surface area (Å²) in [5.74, 6) is 1.62. The summed E-state index contributed by atoms with van der Waals surface area (Å²) in [5.41, 5.74) is 0.713. The molecular weight excluding hydrogens is 244 g/mol. The van der Waals surface area contributed by atoms with E-state index in [1.807, 2.05) is 18.2 Å². The number of ether oxygens (including phenoxy) is 3. The highest BCUT2D eigenvalue weighted by Crippen LogP contribution is 2.41. The van der Waals surface area contributed by atoms with E-state index in [-0.39, 0.29) is 17.8 Å². The predicted molar refractivity (Wildman–Crippen MR) is 67.8 cm³/mol. The Morgan fingerprint density at radius 3 is 2.68 bits per heavy atom. The van der Waals surface area contributed by atoms with E-state index in [4.69, 9.17) is 14.2 Å². The molecule has 0 spiro atoms. The summed E-state index contributed by atoms with van der Waals surface area (Å²) >= 11 is 0. The minimum absolute atomic E-state index is 0.0290. The molecule has 3 heterocycles. The Morgan fingerprint density at radius 2 is 1.95 bits per heavy atom. The van der Waals surface area contributed by atoms with Gasteiger partial charge in [-0.25, -0.2) is 0 Å². The van der Waals surface area contributed by atoms with Crippen LogP contribution < -0.4 is 9.47 Å². The maximum Gasteiger partial charge on any atom is 0.168 e. The lowest BCUT2D eigenvalue weighted by Gasteiger charge is -2.20. The van der Waals surface area contributed by atoms with Gasteiger partial charge < -0.3 is 14.2 Å². The van der Waals surface area contributed by atoms with Crippen molar-refractivity contribution in [3.8, 4) is 11.5 Å². The van der Waals surface area contributed by atoms with Crippen molar-refractivity contribution >= 4 is 5.78 Å². The standard InChI is InChI=1S/C15H16O4/c16-15(11-8-10-2-4-12(11)19-10)9-1-3-13-14(7-9)18-6-5-17-13/h1,3,7,10-12H,2,4-6,8H2. The van der Waals surface area contributed by atoms with Crippen LogP contribution in [0.15, 0.2) is 18.2 Å². The quantitative estimate of drug-likeness (QED) is 0.765. The molecule has 2 bridgehead atoms. The number of ketones is 1. The summed E-state index contributed by atoms with van der Waals surface area (Å²) in [6.45, 7) is 1.11. The fourth-order valence-electron chi connectivity index (χ4n) is 3.32. The third-order valence-electron chi connectivity index (χ3n) is 4.27. The summed E-state index contributed by atoms with van der Waals surface area (Å²) in [4.78, 5) is 12.5. The highest BCUT2D eigenvalue weighted by molar-refractivity contribution is 5.99. The van der Waals surface area contributed by atoms with Crippen molar-refractivity contribution in [3.05, 3.63) is 23.8 Å². The molecular formula is C15H16O4. The number of hydrogen-bond acceptors (Lipinski definition) is 4. The molecule has 2 saturated heterocycles. The van der Waals surface area contributed by atoms with Gasteiger partial charge in [0.1, 0.15) is 13.2 Å². The van der Waals surface area contributed by atoms with Crippen LogP contribution >= 0.6 is 0 Å². The molecule has 3 unspecified atom stereocenters. The molecule has 0 radical (unpaired) electrons.